The van der Waals surface area contributed by atoms with Gasteiger partial charge in [-0.15, -0.1) is 11.8 Å². The van der Waals surface area contributed by atoms with Crippen LogP contribution in [0.5, 0.6) is 0 Å². The van der Waals surface area contributed by atoms with Gasteiger partial charge in [-0.05, 0) is 46.8 Å². The maximum atomic E-state index is 3.72. The first-order chi connectivity index (χ1) is 8.17. The normalized spacial score (nSPS) is 20.1. The van der Waals surface area contributed by atoms with Gasteiger partial charge in [-0.25, -0.2) is 0 Å². The van der Waals surface area contributed by atoms with Gasteiger partial charge < -0.3 is 10.2 Å². The molecule has 0 heterocycles. The van der Waals surface area contributed by atoms with Gasteiger partial charge in [0.1, 0.15) is 0 Å². The van der Waals surface area contributed by atoms with E-state index in [-0.39, 0.29) is 0 Å². The minimum Gasteiger partial charge on any atom is -0.311 e. The maximum Gasteiger partial charge on any atom is 0.0365 e. The van der Waals surface area contributed by atoms with Gasteiger partial charge in [0.05, 0.1) is 0 Å². The van der Waals surface area contributed by atoms with E-state index >= 15 is 0 Å². The van der Waals surface area contributed by atoms with Crippen LogP contribution >= 0.6 is 0 Å². The van der Waals surface area contributed by atoms with Gasteiger partial charge in [0, 0.05) is 18.0 Å². The minimum atomic E-state index is 0.332. The lowest BCUT2D eigenvalue weighted by Crippen LogP contribution is -2.57. The Bertz CT molecular complexity index is 266. The van der Waals surface area contributed by atoms with Gasteiger partial charge in [-0.2, -0.15) is 0 Å². The average molecular weight is 236 g/mol. The lowest BCUT2D eigenvalue weighted by atomic mass is 9.84. The van der Waals surface area contributed by atoms with E-state index in [4.69, 9.17) is 0 Å². The molecule has 0 radical (unpaired) electrons. The predicted octanol–water partition coefficient (Wildman–Crippen LogP) is 2.64. The second-order valence-electron chi connectivity index (χ2n) is 5.34. The zero-order valence-corrected chi connectivity index (χ0v) is 12.0. The second-order valence-corrected chi connectivity index (χ2v) is 5.34. The van der Waals surface area contributed by atoms with Crippen molar-refractivity contribution in [3.05, 3.63) is 0 Å². The van der Waals surface area contributed by atoms with E-state index in [9.17, 15) is 0 Å². The molecule has 1 rings (SSSR count). The molecule has 0 aromatic heterocycles. The van der Waals surface area contributed by atoms with Crippen LogP contribution in [-0.4, -0.2) is 37.1 Å². The van der Waals surface area contributed by atoms with E-state index in [2.05, 4.69) is 43.1 Å². The van der Waals surface area contributed by atoms with Gasteiger partial charge in [0.2, 0.25) is 0 Å². The zero-order chi connectivity index (χ0) is 12.7. The molecule has 1 atom stereocenters. The van der Waals surface area contributed by atoms with Crippen LogP contribution in [0.3, 0.4) is 0 Å². The van der Waals surface area contributed by atoms with E-state index in [1.807, 2.05) is 6.92 Å². The number of hydrogen-bond acceptors (Lipinski definition) is 2. The summed E-state index contributed by atoms with van der Waals surface area (Å²) in [4.78, 5) is 2.44. The summed E-state index contributed by atoms with van der Waals surface area (Å²) in [5.74, 6) is 6.32. The standard InChI is InChI=1S/C15H28N2/c1-5-7-10-14(16-13-6-2)15(17(3)4)11-8-9-12-15/h14,16H,6,8-13H2,1-4H3. The van der Waals surface area contributed by atoms with Crippen molar-refractivity contribution in [3.8, 4) is 11.8 Å². The van der Waals surface area contributed by atoms with Crippen LogP contribution in [0.4, 0.5) is 0 Å². The fourth-order valence-electron chi connectivity index (χ4n) is 3.07. The Labute approximate surface area is 107 Å². The molecule has 1 fully saturated rings. The lowest BCUT2D eigenvalue weighted by Gasteiger charge is -2.43. The van der Waals surface area contributed by atoms with E-state index in [1.165, 1.54) is 32.1 Å². The average Bonchev–Trinajstić information content (AvgIpc) is 2.79. The van der Waals surface area contributed by atoms with E-state index in [0.29, 0.717) is 11.6 Å². The van der Waals surface area contributed by atoms with Gasteiger partial charge in [-0.3, -0.25) is 0 Å². The molecule has 1 unspecified atom stereocenters. The molecule has 17 heavy (non-hydrogen) atoms. The van der Waals surface area contributed by atoms with Crippen molar-refractivity contribution in [1.29, 1.82) is 0 Å². The van der Waals surface area contributed by atoms with E-state index in [1.54, 1.807) is 0 Å². The SMILES string of the molecule is CC#CCC(NCCC)C1(N(C)C)CCCC1. The van der Waals surface area contributed by atoms with Crippen LogP contribution in [0.25, 0.3) is 0 Å². The molecule has 0 bridgehead atoms. The van der Waals surface area contributed by atoms with Crippen molar-refractivity contribution in [1.82, 2.24) is 10.2 Å². The maximum absolute atomic E-state index is 3.72. The number of nitrogens with zero attached hydrogens (tertiary/aromatic N) is 1. The summed E-state index contributed by atoms with van der Waals surface area (Å²) in [6.45, 7) is 5.27. The summed E-state index contributed by atoms with van der Waals surface area (Å²) in [5.41, 5.74) is 0.332. The highest BCUT2D eigenvalue weighted by Crippen LogP contribution is 2.37. The molecule has 1 aliphatic rings. The fourth-order valence-corrected chi connectivity index (χ4v) is 3.07. The minimum absolute atomic E-state index is 0.332. The first-order valence-corrected chi connectivity index (χ1v) is 6.97. The number of rotatable bonds is 6. The first kappa shape index (κ1) is 14.5. The van der Waals surface area contributed by atoms with Crippen LogP contribution < -0.4 is 5.32 Å². The molecule has 1 N–H and O–H groups in total. The number of likely N-dealkylation sites (N-methyl/N-ethyl adjacent to an activating group) is 1. The fraction of sp³-hybridized carbons (Fsp3) is 0.867. The predicted molar refractivity (Wildman–Crippen MR) is 75.0 cm³/mol. The highest BCUT2D eigenvalue weighted by atomic mass is 15.2. The van der Waals surface area contributed by atoms with E-state index < -0.39 is 0 Å². The van der Waals surface area contributed by atoms with Crippen LogP contribution in [-0.2, 0) is 0 Å². The summed E-state index contributed by atoms with van der Waals surface area (Å²) in [7, 11) is 4.46. The monoisotopic (exact) mass is 236 g/mol. The largest absolute Gasteiger partial charge is 0.311 e. The molecular formula is C15H28N2. The number of hydrogen-bond donors (Lipinski definition) is 1. The van der Waals surface area contributed by atoms with Crippen molar-refractivity contribution in [2.75, 3.05) is 20.6 Å². The summed E-state index contributed by atoms with van der Waals surface area (Å²) >= 11 is 0. The Morgan fingerprint density at radius 1 is 1.29 bits per heavy atom. The Balaban J connectivity index is 2.78. The Hall–Kier alpha value is -0.520. The molecule has 0 amide bonds. The Morgan fingerprint density at radius 3 is 2.41 bits per heavy atom. The van der Waals surface area contributed by atoms with Gasteiger partial charge in [0.25, 0.3) is 0 Å². The molecule has 0 aliphatic heterocycles. The van der Waals surface area contributed by atoms with Crippen LogP contribution in [0, 0.1) is 11.8 Å². The summed E-state index contributed by atoms with van der Waals surface area (Å²) in [5, 5.41) is 3.72. The molecule has 1 aliphatic carbocycles. The second kappa shape index (κ2) is 7.03. The topological polar surface area (TPSA) is 15.3 Å². The molecule has 1 saturated carbocycles. The van der Waals surface area contributed by atoms with Crippen LogP contribution in [0.2, 0.25) is 0 Å². The van der Waals surface area contributed by atoms with Crippen molar-refractivity contribution >= 4 is 0 Å². The molecule has 2 nitrogen and oxygen atoms in total. The zero-order valence-electron chi connectivity index (χ0n) is 12.0. The first-order valence-electron chi connectivity index (χ1n) is 6.97. The Morgan fingerprint density at radius 2 is 1.94 bits per heavy atom. The van der Waals surface area contributed by atoms with E-state index in [0.717, 1.165) is 13.0 Å². The molecule has 2 heteroatoms. The summed E-state index contributed by atoms with van der Waals surface area (Å²) in [6, 6.07) is 0.521. The third-order valence-corrected chi connectivity index (χ3v) is 4.13. The van der Waals surface area contributed by atoms with Gasteiger partial charge in [0.15, 0.2) is 0 Å². The molecule has 98 valence electrons. The van der Waals surface area contributed by atoms with Crippen LogP contribution in [0.15, 0.2) is 0 Å². The lowest BCUT2D eigenvalue weighted by molar-refractivity contribution is 0.106. The molecule has 0 aromatic rings. The summed E-state index contributed by atoms with van der Waals surface area (Å²) in [6.07, 6.45) is 7.53. The Kier molecular flexibility index (Phi) is 6.02. The molecule has 0 spiro atoms. The number of nitrogens with one attached hydrogen (secondary N) is 1. The molecular weight excluding hydrogens is 208 g/mol. The quantitative estimate of drug-likeness (QED) is 0.713. The van der Waals surface area contributed by atoms with Crippen molar-refractivity contribution in [2.24, 2.45) is 0 Å². The highest BCUT2D eigenvalue weighted by molar-refractivity contribution is 5.08. The highest BCUT2D eigenvalue weighted by Gasteiger charge is 2.42. The third kappa shape index (κ3) is 3.47. The third-order valence-electron chi connectivity index (χ3n) is 4.13. The smallest absolute Gasteiger partial charge is 0.0365 e. The van der Waals surface area contributed by atoms with Crippen molar-refractivity contribution in [2.45, 2.75) is 64.0 Å². The molecule has 0 saturated heterocycles. The summed E-state index contributed by atoms with van der Waals surface area (Å²) < 4.78 is 0. The van der Waals surface area contributed by atoms with Gasteiger partial charge in [-0.1, -0.05) is 19.8 Å². The van der Waals surface area contributed by atoms with Crippen LogP contribution in [0.1, 0.15) is 52.4 Å². The van der Waals surface area contributed by atoms with Crippen molar-refractivity contribution < 1.29 is 0 Å². The van der Waals surface area contributed by atoms with Crippen molar-refractivity contribution in [3.63, 3.8) is 0 Å². The molecule has 0 aromatic carbocycles. The van der Waals surface area contributed by atoms with Gasteiger partial charge >= 0.3 is 0 Å².